The highest BCUT2D eigenvalue weighted by Gasteiger charge is 1.94. The smallest absolute Gasteiger partial charge is 0.394 e. The molecular formula is C19H24N4O5S. The lowest BCUT2D eigenvalue weighted by molar-refractivity contribution is 0.269. The van der Waals surface area contributed by atoms with Crippen LogP contribution in [0.15, 0.2) is 67.0 Å². The molecule has 0 spiro atoms. The number of benzene rings is 2. The molecule has 2 aromatic carbocycles. The SMILES string of the molecule is Nc1ccc(C=Cc2ccccc2)cc1N.O=S(=O)(O)O.OCCn1cccn1. The first-order chi connectivity index (χ1) is 13.7. The molecule has 0 aliphatic heterocycles. The van der Waals surface area contributed by atoms with Crippen molar-refractivity contribution in [2.45, 2.75) is 6.54 Å². The highest BCUT2D eigenvalue weighted by Crippen LogP contribution is 2.17. The predicted octanol–water partition coefficient (Wildman–Crippen LogP) is 2.24. The molecule has 0 bridgehead atoms. The average molecular weight is 420 g/mol. The Kier molecular flexibility index (Phi) is 10.1. The number of nitrogen functional groups attached to an aromatic ring is 2. The molecule has 0 saturated carbocycles. The van der Waals surface area contributed by atoms with E-state index in [1.807, 2.05) is 60.8 Å². The van der Waals surface area contributed by atoms with Gasteiger partial charge in [0.05, 0.1) is 24.5 Å². The van der Waals surface area contributed by atoms with Crippen LogP contribution in [-0.4, -0.2) is 39.0 Å². The summed E-state index contributed by atoms with van der Waals surface area (Å²) >= 11 is 0. The number of hydrogen-bond donors (Lipinski definition) is 5. The number of nitrogens with zero attached hydrogens (tertiary/aromatic N) is 2. The lowest BCUT2D eigenvalue weighted by Gasteiger charge is -2.00. The van der Waals surface area contributed by atoms with E-state index in [1.54, 1.807) is 10.9 Å². The Bertz CT molecular complexity index is 967. The molecule has 3 rings (SSSR count). The maximum Gasteiger partial charge on any atom is 0.394 e. The van der Waals surface area contributed by atoms with E-state index in [0.29, 0.717) is 17.9 Å². The first-order valence-corrected chi connectivity index (χ1v) is 9.75. The maximum atomic E-state index is 8.74. The summed E-state index contributed by atoms with van der Waals surface area (Å²) in [5, 5.41) is 12.2. The van der Waals surface area contributed by atoms with E-state index >= 15 is 0 Å². The van der Waals surface area contributed by atoms with Crippen LogP contribution in [0.1, 0.15) is 11.1 Å². The third-order valence-electron chi connectivity index (χ3n) is 3.27. The van der Waals surface area contributed by atoms with Crippen LogP contribution in [-0.2, 0) is 16.9 Å². The molecule has 0 amide bonds. The minimum atomic E-state index is -4.67. The monoisotopic (exact) mass is 420 g/mol. The Labute approximate surface area is 169 Å². The predicted molar refractivity (Wildman–Crippen MR) is 114 cm³/mol. The summed E-state index contributed by atoms with van der Waals surface area (Å²) in [7, 11) is -4.67. The van der Waals surface area contributed by atoms with Gasteiger partial charge < -0.3 is 16.6 Å². The van der Waals surface area contributed by atoms with Gasteiger partial charge in [0.15, 0.2) is 0 Å². The molecule has 29 heavy (non-hydrogen) atoms. The molecule has 1 heterocycles. The van der Waals surface area contributed by atoms with Crippen molar-refractivity contribution >= 4 is 33.9 Å². The van der Waals surface area contributed by atoms with Crippen LogP contribution in [0.3, 0.4) is 0 Å². The highest BCUT2D eigenvalue weighted by molar-refractivity contribution is 7.79. The normalized spacial score (nSPS) is 10.6. The van der Waals surface area contributed by atoms with Gasteiger partial charge in [-0.15, -0.1) is 0 Å². The first kappa shape index (κ1) is 23.9. The summed E-state index contributed by atoms with van der Waals surface area (Å²) < 4.78 is 33.3. The fourth-order valence-electron chi connectivity index (χ4n) is 1.99. The first-order valence-electron chi connectivity index (χ1n) is 8.35. The fourth-order valence-corrected chi connectivity index (χ4v) is 1.99. The van der Waals surface area contributed by atoms with Gasteiger partial charge in [0, 0.05) is 12.4 Å². The Morgan fingerprint density at radius 3 is 2.07 bits per heavy atom. The van der Waals surface area contributed by atoms with Crippen molar-refractivity contribution in [2.24, 2.45) is 0 Å². The number of nitrogens with two attached hydrogens (primary N) is 2. The molecule has 1 aromatic heterocycles. The van der Waals surface area contributed by atoms with Crippen LogP contribution >= 0.6 is 0 Å². The van der Waals surface area contributed by atoms with Gasteiger partial charge >= 0.3 is 10.4 Å². The summed E-state index contributed by atoms with van der Waals surface area (Å²) in [6, 6.07) is 17.6. The Balaban J connectivity index is 0.000000269. The number of anilines is 2. The van der Waals surface area contributed by atoms with Gasteiger partial charge in [-0.2, -0.15) is 13.5 Å². The van der Waals surface area contributed by atoms with Crippen molar-refractivity contribution in [1.29, 1.82) is 0 Å². The molecule has 0 fully saturated rings. The van der Waals surface area contributed by atoms with Crippen molar-refractivity contribution in [3.05, 3.63) is 78.1 Å². The molecular weight excluding hydrogens is 396 g/mol. The van der Waals surface area contributed by atoms with E-state index in [2.05, 4.69) is 17.2 Å². The van der Waals surface area contributed by atoms with E-state index in [1.165, 1.54) is 0 Å². The molecule has 156 valence electrons. The zero-order valence-electron chi connectivity index (χ0n) is 15.5. The van der Waals surface area contributed by atoms with Gasteiger partial charge in [0.1, 0.15) is 0 Å². The molecule has 0 aliphatic rings. The largest absolute Gasteiger partial charge is 0.397 e. The van der Waals surface area contributed by atoms with Crippen molar-refractivity contribution < 1.29 is 22.6 Å². The Hall–Kier alpha value is -3.18. The van der Waals surface area contributed by atoms with E-state index < -0.39 is 10.4 Å². The van der Waals surface area contributed by atoms with Crippen LogP contribution in [0.5, 0.6) is 0 Å². The summed E-state index contributed by atoms with van der Waals surface area (Å²) in [5.41, 5.74) is 14.8. The lowest BCUT2D eigenvalue weighted by Crippen LogP contribution is -2.01. The Morgan fingerprint density at radius 1 is 0.931 bits per heavy atom. The van der Waals surface area contributed by atoms with Crippen molar-refractivity contribution in [2.75, 3.05) is 18.1 Å². The number of aliphatic hydroxyl groups is 1. The molecule has 0 unspecified atom stereocenters. The fraction of sp³-hybridized carbons (Fsp3) is 0.105. The number of aliphatic hydroxyl groups excluding tert-OH is 1. The summed E-state index contributed by atoms with van der Waals surface area (Å²) in [4.78, 5) is 0. The van der Waals surface area contributed by atoms with Gasteiger partial charge in [-0.3, -0.25) is 13.8 Å². The second-order valence-corrected chi connectivity index (χ2v) is 6.47. The standard InChI is InChI=1S/C14H14N2.C5H8N2O.H2O4S/c15-13-9-8-12(10-14(13)16)7-6-11-4-2-1-3-5-11;8-5-4-7-3-1-2-6-7;1-5(2,3)4/h1-10H,15-16H2;1-3,8H,4-5H2;(H2,1,2,3,4). The molecule has 0 atom stereocenters. The number of aromatic nitrogens is 2. The second kappa shape index (κ2) is 12.3. The average Bonchev–Trinajstić information content (AvgIpc) is 3.16. The van der Waals surface area contributed by atoms with Gasteiger partial charge in [-0.05, 0) is 29.3 Å². The molecule has 10 heteroatoms. The van der Waals surface area contributed by atoms with Crippen molar-refractivity contribution in [3.63, 3.8) is 0 Å². The molecule has 0 aliphatic carbocycles. The maximum absolute atomic E-state index is 8.74. The third-order valence-corrected chi connectivity index (χ3v) is 3.27. The lowest BCUT2D eigenvalue weighted by atomic mass is 10.1. The van der Waals surface area contributed by atoms with E-state index in [0.717, 1.165) is 11.1 Å². The Morgan fingerprint density at radius 2 is 1.55 bits per heavy atom. The van der Waals surface area contributed by atoms with Crippen molar-refractivity contribution in [3.8, 4) is 0 Å². The summed E-state index contributed by atoms with van der Waals surface area (Å²) in [6.07, 6.45) is 7.57. The molecule has 0 radical (unpaired) electrons. The van der Waals surface area contributed by atoms with Crippen LogP contribution in [0.25, 0.3) is 12.2 Å². The van der Waals surface area contributed by atoms with Crippen LogP contribution in [0, 0.1) is 0 Å². The zero-order chi connectivity index (χ0) is 21.7. The zero-order valence-corrected chi connectivity index (χ0v) is 16.4. The number of hydrogen-bond acceptors (Lipinski definition) is 6. The highest BCUT2D eigenvalue weighted by atomic mass is 32.3. The van der Waals surface area contributed by atoms with E-state index in [9.17, 15) is 0 Å². The minimum absolute atomic E-state index is 0.154. The number of rotatable bonds is 4. The van der Waals surface area contributed by atoms with Crippen LogP contribution < -0.4 is 11.5 Å². The third kappa shape index (κ3) is 12.0. The summed E-state index contributed by atoms with van der Waals surface area (Å²) in [5.74, 6) is 0. The van der Waals surface area contributed by atoms with Gasteiger partial charge in [0.2, 0.25) is 0 Å². The summed E-state index contributed by atoms with van der Waals surface area (Å²) in [6.45, 7) is 0.745. The molecule has 0 saturated heterocycles. The second-order valence-electron chi connectivity index (χ2n) is 5.57. The van der Waals surface area contributed by atoms with Gasteiger partial charge in [-0.1, -0.05) is 48.6 Å². The minimum Gasteiger partial charge on any atom is -0.397 e. The van der Waals surface area contributed by atoms with Crippen LogP contribution in [0.4, 0.5) is 11.4 Å². The molecule has 7 N–H and O–H groups in total. The van der Waals surface area contributed by atoms with Crippen LogP contribution in [0.2, 0.25) is 0 Å². The molecule has 9 nitrogen and oxygen atoms in total. The van der Waals surface area contributed by atoms with E-state index in [4.69, 9.17) is 34.1 Å². The topological polar surface area (TPSA) is 165 Å². The quantitative estimate of drug-likeness (QED) is 0.243. The van der Waals surface area contributed by atoms with E-state index in [-0.39, 0.29) is 6.61 Å². The van der Waals surface area contributed by atoms with Crippen molar-refractivity contribution in [1.82, 2.24) is 9.78 Å². The van der Waals surface area contributed by atoms with Gasteiger partial charge in [-0.25, -0.2) is 0 Å². The van der Waals surface area contributed by atoms with Gasteiger partial charge in [0.25, 0.3) is 0 Å². The molecule has 3 aromatic rings.